The molecule has 20 heavy (non-hydrogen) atoms. The lowest BCUT2D eigenvalue weighted by Gasteiger charge is -2.12. The third kappa shape index (κ3) is 3.52. The first-order valence-corrected chi connectivity index (χ1v) is 7.72. The predicted molar refractivity (Wildman–Crippen MR) is 85.9 cm³/mol. The molecule has 2 aromatic rings. The number of nitrogens with two attached hydrogens (primary N) is 1. The van der Waals surface area contributed by atoms with E-state index in [1.807, 2.05) is 13.0 Å². The van der Waals surface area contributed by atoms with Gasteiger partial charge in [0.05, 0.1) is 9.50 Å². The van der Waals surface area contributed by atoms with Gasteiger partial charge in [-0.2, -0.15) is 0 Å². The summed E-state index contributed by atoms with van der Waals surface area (Å²) in [5.74, 6) is 0.396. The van der Waals surface area contributed by atoms with Crippen molar-refractivity contribution in [3.8, 4) is 11.5 Å². The lowest BCUT2D eigenvalue weighted by molar-refractivity contribution is 0.473. The molecule has 0 saturated carbocycles. The molecule has 0 aromatic heterocycles. The van der Waals surface area contributed by atoms with Crippen LogP contribution in [0.2, 0.25) is 5.02 Å². The van der Waals surface area contributed by atoms with E-state index in [1.54, 1.807) is 12.1 Å². The fourth-order valence-corrected chi connectivity index (χ4v) is 3.09. The Morgan fingerprint density at radius 3 is 2.50 bits per heavy atom. The summed E-state index contributed by atoms with van der Waals surface area (Å²) in [6.07, 6.45) is 0. The van der Waals surface area contributed by atoms with Crippen molar-refractivity contribution < 1.29 is 9.13 Å². The molecule has 0 aliphatic rings. The van der Waals surface area contributed by atoms with Crippen molar-refractivity contribution in [1.82, 2.24) is 0 Å². The maximum atomic E-state index is 13.5. The molecule has 0 amide bonds. The summed E-state index contributed by atoms with van der Waals surface area (Å²) in [5, 5.41) is 0.0395. The summed E-state index contributed by atoms with van der Waals surface area (Å²) >= 11 is 12.4. The van der Waals surface area contributed by atoms with Gasteiger partial charge >= 0.3 is 0 Å². The summed E-state index contributed by atoms with van der Waals surface area (Å²) in [7, 11) is 0. The summed E-state index contributed by atoms with van der Waals surface area (Å²) in [4.78, 5) is 0. The summed E-state index contributed by atoms with van der Waals surface area (Å²) in [6.45, 7) is 1.89. The zero-order valence-electron chi connectivity index (χ0n) is 10.5. The summed E-state index contributed by atoms with van der Waals surface area (Å²) in [6, 6.07) is 8.04. The van der Waals surface area contributed by atoms with E-state index in [9.17, 15) is 4.39 Å². The van der Waals surface area contributed by atoms with Gasteiger partial charge < -0.3 is 10.5 Å². The Balaban J connectivity index is 2.31. The van der Waals surface area contributed by atoms with Crippen LogP contribution in [0.25, 0.3) is 0 Å². The molecule has 1 atom stereocenters. The molecule has 0 fully saturated rings. The van der Waals surface area contributed by atoms with E-state index in [2.05, 4.69) is 31.9 Å². The standard InChI is InChI=1S/C14H11Br2ClFNO/c1-7(19)9-3-2-8(4-10(9)15)20-14-6-13(18)12(17)5-11(14)16/h2-7H,19H2,1H3/t7-/m1/s1. The molecule has 2 N–H and O–H groups in total. The molecule has 0 saturated heterocycles. The number of halogens is 4. The Hall–Kier alpha value is -0.620. The van der Waals surface area contributed by atoms with Gasteiger partial charge in [0.25, 0.3) is 0 Å². The van der Waals surface area contributed by atoms with Gasteiger partial charge in [-0.1, -0.05) is 33.6 Å². The maximum Gasteiger partial charge on any atom is 0.145 e. The van der Waals surface area contributed by atoms with E-state index >= 15 is 0 Å². The third-order valence-electron chi connectivity index (χ3n) is 2.67. The first-order chi connectivity index (χ1) is 9.38. The van der Waals surface area contributed by atoms with Gasteiger partial charge in [0, 0.05) is 16.6 Å². The highest BCUT2D eigenvalue weighted by Gasteiger charge is 2.11. The van der Waals surface area contributed by atoms with Crippen LogP contribution in [0, 0.1) is 5.82 Å². The molecule has 0 heterocycles. The summed E-state index contributed by atoms with van der Waals surface area (Å²) < 4.78 is 20.5. The zero-order chi connectivity index (χ0) is 14.9. The van der Waals surface area contributed by atoms with Crippen LogP contribution in [0.15, 0.2) is 39.3 Å². The maximum absolute atomic E-state index is 13.5. The van der Waals surface area contributed by atoms with Gasteiger partial charge in [0.15, 0.2) is 0 Å². The number of ether oxygens (including phenoxy) is 1. The molecule has 0 aliphatic heterocycles. The van der Waals surface area contributed by atoms with E-state index in [1.165, 1.54) is 12.1 Å². The lowest BCUT2D eigenvalue weighted by atomic mass is 10.1. The fourth-order valence-electron chi connectivity index (χ4n) is 1.65. The number of benzene rings is 2. The molecule has 2 nitrogen and oxygen atoms in total. The average Bonchev–Trinajstić information content (AvgIpc) is 2.35. The molecule has 0 aliphatic carbocycles. The van der Waals surface area contributed by atoms with Gasteiger partial charge in [-0.15, -0.1) is 0 Å². The molecule has 2 rings (SSSR count). The molecular formula is C14H11Br2ClFNO. The Morgan fingerprint density at radius 1 is 1.20 bits per heavy atom. The van der Waals surface area contributed by atoms with Crippen molar-refractivity contribution in [3.05, 3.63) is 55.7 Å². The smallest absolute Gasteiger partial charge is 0.145 e. The monoisotopic (exact) mass is 421 g/mol. The quantitative estimate of drug-likeness (QED) is 0.632. The fraction of sp³-hybridized carbons (Fsp3) is 0.143. The van der Waals surface area contributed by atoms with Crippen molar-refractivity contribution in [2.75, 3.05) is 0 Å². The van der Waals surface area contributed by atoms with Gasteiger partial charge in [0.1, 0.15) is 17.3 Å². The second kappa shape index (κ2) is 6.43. The molecule has 106 valence electrons. The van der Waals surface area contributed by atoms with Crippen LogP contribution in [-0.4, -0.2) is 0 Å². The minimum absolute atomic E-state index is 0.0395. The van der Waals surface area contributed by atoms with E-state index < -0.39 is 5.82 Å². The topological polar surface area (TPSA) is 35.2 Å². The third-order valence-corrected chi connectivity index (χ3v) is 4.26. The average molecular weight is 424 g/mol. The Bertz CT molecular complexity index is 649. The zero-order valence-corrected chi connectivity index (χ0v) is 14.4. The van der Waals surface area contributed by atoms with Crippen LogP contribution < -0.4 is 10.5 Å². The Labute approximate surface area is 138 Å². The van der Waals surface area contributed by atoms with E-state index in [0.29, 0.717) is 16.0 Å². The molecular weight excluding hydrogens is 412 g/mol. The van der Waals surface area contributed by atoms with E-state index in [-0.39, 0.29) is 11.1 Å². The van der Waals surface area contributed by atoms with Crippen LogP contribution in [0.5, 0.6) is 11.5 Å². The largest absolute Gasteiger partial charge is 0.456 e. The van der Waals surface area contributed by atoms with Gasteiger partial charge in [-0.25, -0.2) is 4.39 Å². The molecule has 2 aromatic carbocycles. The number of hydrogen-bond acceptors (Lipinski definition) is 2. The highest BCUT2D eigenvalue weighted by atomic mass is 79.9. The van der Waals surface area contributed by atoms with Crippen LogP contribution >= 0.6 is 43.5 Å². The normalized spacial score (nSPS) is 12.3. The van der Waals surface area contributed by atoms with Crippen molar-refractivity contribution >= 4 is 43.5 Å². The molecule has 6 heteroatoms. The lowest BCUT2D eigenvalue weighted by Crippen LogP contribution is -2.05. The Morgan fingerprint density at radius 2 is 1.90 bits per heavy atom. The van der Waals surface area contributed by atoms with Gasteiger partial charge in [0.2, 0.25) is 0 Å². The van der Waals surface area contributed by atoms with Gasteiger partial charge in [-0.05, 0) is 46.6 Å². The minimum Gasteiger partial charge on any atom is -0.456 e. The van der Waals surface area contributed by atoms with Crippen LogP contribution in [0.1, 0.15) is 18.5 Å². The summed E-state index contributed by atoms with van der Waals surface area (Å²) in [5.41, 5.74) is 6.81. The highest BCUT2D eigenvalue weighted by Crippen LogP contribution is 2.35. The van der Waals surface area contributed by atoms with Gasteiger partial charge in [-0.3, -0.25) is 0 Å². The van der Waals surface area contributed by atoms with Crippen molar-refractivity contribution in [2.24, 2.45) is 5.73 Å². The number of hydrogen-bond donors (Lipinski definition) is 1. The number of rotatable bonds is 3. The van der Waals surface area contributed by atoms with Crippen LogP contribution in [-0.2, 0) is 0 Å². The predicted octanol–water partition coefficient (Wildman–Crippen LogP) is 5.82. The van der Waals surface area contributed by atoms with Crippen molar-refractivity contribution in [3.63, 3.8) is 0 Å². The first kappa shape index (κ1) is 15.8. The van der Waals surface area contributed by atoms with Crippen molar-refractivity contribution in [1.29, 1.82) is 0 Å². The molecule has 0 spiro atoms. The Kier molecular flexibility index (Phi) is 5.07. The van der Waals surface area contributed by atoms with Crippen LogP contribution in [0.4, 0.5) is 4.39 Å². The second-order valence-corrected chi connectivity index (χ2v) is 6.39. The molecule has 0 radical (unpaired) electrons. The highest BCUT2D eigenvalue weighted by molar-refractivity contribution is 9.10. The van der Waals surface area contributed by atoms with Crippen molar-refractivity contribution in [2.45, 2.75) is 13.0 Å². The second-order valence-electron chi connectivity index (χ2n) is 4.27. The minimum atomic E-state index is -0.531. The van der Waals surface area contributed by atoms with E-state index in [4.69, 9.17) is 22.1 Å². The SMILES string of the molecule is C[C@@H](N)c1ccc(Oc2cc(F)c(Cl)cc2Br)cc1Br. The first-order valence-electron chi connectivity index (χ1n) is 5.76. The molecule has 0 bridgehead atoms. The molecule has 0 unspecified atom stereocenters. The van der Waals surface area contributed by atoms with E-state index in [0.717, 1.165) is 10.0 Å². The van der Waals surface area contributed by atoms with Crippen LogP contribution in [0.3, 0.4) is 0 Å².